The summed E-state index contributed by atoms with van der Waals surface area (Å²) in [5, 5.41) is 6.52. The zero-order chi connectivity index (χ0) is 20.2. The zero-order valence-electron chi connectivity index (χ0n) is 17.3. The van der Waals surface area contributed by atoms with Crippen molar-refractivity contribution in [2.45, 2.75) is 64.0 Å². The summed E-state index contributed by atoms with van der Waals surface area (Å²) in [5.74, 6) is 2.75. The van der Waals surface area contributed by atoms with Gasteiger partial charge in [0.1, 0.15) is 13.2 Å². The monoisotopic (exact) mass is 398 g/mol. The van der Waals surface area contributed by atoms with Crippen molar-refractivity contribution in [1.82, 2.24) is 10.6 Å². The summed E-state index contributed by atoms with van der Waals surface area (Å²) in [5.41, 5.74) is 0.478. The first kappa shape index (κ1) is 18.8. The maximum absolute atomic E-state index is 13.5. The van der Waals surface area contributed by atoms with Crippen LogP contribution < -0.4 is 20.1 Å². The lowest BCUT2D eigenvalue weighted by atomic mass is 9.46. The number of nitrogens with one attached hydrogen (secondary N) is 2. The molecular weight excluding hydrogens is 368 g/mol. The van der Waals surface area contributed by atoms with Gasteiger partial charge in [-0.1, -0.05) is 6.07 Å². The van der Waals surface area contributed by atoms with Crippen LogP contribution in [0.1, 0.15) is 64.0 Å². The zero-order valence-corrected chi connectivity index (χ0v) is 17.3. The molecule has 0 spiro atoms. The molecule has 0 saturated heterocycles. The van der Waals surface area contributed by atoms with Gasteiger partial charge in [0.05, 0.1) is 11.5 Å². The van der Waals surface area contributed by atoms with Crippen molar-refractivity contribution in [3.63, 3.8) is 0 Å². The maximum Gasteiger partial charge on any atom is 0.226 e. The number of rotatable bonds is 4. The molecule has 5 aliphatic rings. The minimum atomic E-state index is -0.353. The Hall–Kier alpha value is -2.24. The van der Waals surface area contributed by atoms with E-state index >= 15 is 0 Å². The lowest BCUT2D eigenvalue weighted by Gasteiger charge is -2.61. The van der Waals surface area contributed by atoms with Crippen molar-refractivity contribution in [2.75, 3.05) is 13.2 Å². The fourth-order valence-electron chi connectivity index (χ4n) is 6.81. The first-order chi connectivity index (χ1) is 13.9. The van der Waals surface area contributed by atoms with Crippen molar-refractivity contribution in [1.29, 1.82) is 0 Å². The SMILES string of the molecule is CC(=O)NC12C[C@H]3C[C@@H](C1)CC(C(=O)N[C@@H](C)c1ccc4c(c1)OCCO4)(C3)C2. The van der Waals surface area contributed by atoms with Crippen molar-refractivity contribution in [3.05, 3.63) is 23.8 Å². The molecule has 2 unspecified atom stereocenters. The predicted molar refractivity (Wildman–Crippen MR) is 108 cm³/mol. The third-order valence-corrected chi connectivity index (χ3v) is 7.40. The third-order valence-electron chi connectivity index (χ3n) is 7.40. The highest BCUT2D eigenvalue weighted by Crippen LogP contribution is 2.61. The molecule has 4 aliphatic carbocycles. The van der Waals surface area contributed by atoms with Crippen molar-refractivity contribution in [2.24, 2.45) is 17.3 Å². The molecule has 4 bridgehead atoms. The Morgan fingerprint density at radius 3 is 2.45 bits per heavy atom. The van der Waals surface area contributed by atoms with E-state index in [1.807, 2.05) is 25.1 Å². The molecule has 29 heavy (non-hydrogen) atoms. The topological polar surface area (TPSA) is 76.7 Å². The highest BCUT2D eigenvalue weighted by molar-refractivity contribution is 5.84. The molecule has 0 radical (unpaired) electrons. The molecule has 4 saturated carbocycles. The Morgan fingerprint density at radius 2 is 1.76 bits per heavy atom. The van der Waals surface area contributed by atoms with Crippen LogP contribution in [0.15, 0.2) is 18.2 Å². The first-order valence-corrected chi connectivity index (χ1v) is 10.9. The Balaban J connectivity index is 1.34. The van der Waals surface area contributed by atoms with E-state index in [-0.39, 0.29) is 28.8 Å². The summed E-state index contributed by atoms with van der Waals surface area (Å²) in [6.07, 6.45) is 5.92. The second-order valence-corrected chi connectivity index (χ2v) is 9.80. The highest BCUT2D eigenvalue weighted by atomic mass is 16.6. The maximum atomic E-state index is 13.5. The van der Waals surface area contributed by atoms with E-state index in [1.54, 1.807) is 6.92 Å². The largest absolute Gasteiger partial charge is 0.486 e. The minimum Gasteiger partial charge on any atom is -0.486 e. The summed E-state index contributed by atoms with van der Waals surface area (Å²) in [7, 11) is 0. The summed E-state index contributed by atoms with van der Waals surface area (Å²) in [6.45, 7) is 4.73. The Bertz CT molecular complexity index is 837. The molecule has 1 aromatic carbocycles. The number of hydrogen-bond donors (Lipinski definition) is 2. The van der Waals surface area contributed by atoms with Gasteiger partial charge in [-0.05, 0) is 75.0 Å². The van der Waals surface area contributed by atoms with Crippen LogP contribution in [0.3, 0.4) is 0 Å². The summed E-state index contributed by atoms with van der Waals surface area (Å²) in [4.78, 5) is 25.4. The molecule has 4 fully saturated rings. The van der Waals surface area contributed by atoms with Gasteiger partial charge in [-0.3, -0.25) is 9.59 Å². The Kier molecular flexibility index (Phi) is 4.30. The fourth-order valence-corrected chi connectivity index (χ4v) is 6.81. The first-order valence-electron chi connectivity index (χ1n) is 10.9. The van der Waals surface area contributed by atoms with Crippen LogP contribution in [-0.4, -0.2) is 30.6 Å². The summed E-state index contributed by atoms with van der Waals surface area (Å²) >= 11 is 0. The molecule has 1 aromatic rings. The number of carbonyl (C=O) groups is 2. The van der Waals surface area contributed by atoms with Crippen LogP contribution in [0.2, 0.25) is 0 Å². The number of fused-ring (bicyclic) bond motifs is 1. The average molecular weight is 399 g/mol. The van der Waals surface area contributed by atoms with Crippen molar-refractivity contribution in [3.8, 4) is 11.5 Å². The van der Waals surface area contributed by atoms with E-state index in [0.717, 1.165) is 49.2 Å². The van der Waals surface area contributed by atoms with Crippen LogP contribution in [0.4, 0.5) is 0 Å². The second-order valence-electron chi connectivity index (χ2n) is 9.80. The smallest absolute Gasteiger partial charge is 0.226 e. The Morgan fingerprint density at radius 1 is 1.07 bits per heavy atom. The van der Waals surface area contributed by atoms with Gasteiger partial charge in [0.2, 0.25) is 11.8 Å². The molecule has 1 heterocycles. The number of carbonyl (C=O) groups excluding carboxylic acids is 2. The second kappa shape index (κ2) is 6.64. The van der Waals surface area contributed by atoms with Gasteiger partial charge in [-0.15, -0.1) is 0 Å². The van der Waals surface area contributed by atoms with Crippen LogP contribution >= 0.6 is 0 Å². The minimum absolute atomic E-state index is 0.0205. The van der Waals surface area contributed by atoms with Gasteiger partial charge in [0.15, 0.2) is 11.5 Å². The van der Waals surface area contributed by atoms with Crippen LogP contribution in [0.25, 0.3) is 0 Å². The number of benzene rings is 1. The van der Waals surface area contributed by atoms with Gasteiger partial charge >= 0.3 is 0 Å². The molecule has 0 aromatic heterocycles. The number of hydrogen-bond acceptors (Lipinski definition) is 4. The van der Waals surface area contributed by atoms with Crippen molar-refractivity contribution >= 4 is 11.8 Å². The van der Waals surface area contributed by atoms with Gasteiger partial charge in [-0.2, -0.15) is 0 Å². The molecule has 6 heteroatoms. The van der Waals surface area contributed by atoms with E-state index in [9.17, 15) is 9.59 Å². The molecule has 5 atom stereocenters. The molecule has 1 aliphatic heterocycles. The quantitative estimate of drug-likeness (QED) is 0.817. The molecule has 2 amide bonds. The predicted octanol–water partition coefficient (Wildman–Crippen LogP) is 3.11. The van der Waals surface area contributed by atoms with E-state index in [4.69, 9.17) is 9.47 Å². The van der Waals surface area contributed by atoms with Gasteiger partial charge in [0.25, 0.3) is 0 Å². The fraction of sp³-hybridized carbons (Fsp3) is 0.652. The number of amides is 2. The van der Waals surface area contributed by atoms with Crippen LogP contribution in [0, 0.1) is 17.3 Å². The average Bonchev–Trinajstić information content (AvgIpc) is 2.65. The molecule has 6 nitrogen and oxygen atoms in total. The van der Waals surface area contributed by atoms with Crippen molar-refractivity contribution < 1.29 is 19.1 Å². The van der Waals surface area contributed by atoms with Crippen LogP contribution in [0.5, 0.6) is 11.5 Å². The number of ether oxygens (including phenoxy) is 2. The Labute approximate surface area is 171 Å². The molecule has 2 N–H and O–H groups in total. The lowest BCUT2D eigenvalue weighted by molar-refractivity contribution is -0.153. The lowest BCUT2D eigenvalue weighted by Crippen LogP contribution is -2.65. The third kappa shape index (κ3) is 3.26. The van der Waals surface area contributed by atoms with Gasteiger partial charge in [0, 0.05) is 12.5 Å². The van der Waals surface area contributed by atoms with E-state index in [2.05, 4.69) is 10.6 Å². The molecule has 156 valence electrons. The highest BCUT2D eigenvalue weighted by Gasteiger charge is 2.60. The van der Waals surface area contributed by atoms with E-state index in [1.165, 1.54) is 6.42 Å². The molecular formula is C23H30N2O4. The summed E-state index contributed by atoms with van der Waals surface area (Å²) in [6, 6.07) is 5.78. The van der Waals surface area contributed by atoms with Gasteiger partial charge < -0.3 is 20.1 Å². The standard InChI is InChI=1S/C23H30N2O4/c1-14(18-3-4-19-20(8-18)29-6-5-28-19)24-21(27)22-9-16-7-17(10-22)12-23(11-16,13-22)25-15(2)26/h3-4,8,14,16-17H,5-7,9-13H2,1-2H3,(H,24,27)(H,25,26)/t14-,16-,17+,22?,23?/m0/s1. The normalized spacial score (nSPS) is 35.1. The molecule has 6 rings (SSSR count). The van der Waals surface area contributed by atoms with E-state index in [0.29, 0.717) is 25.0 Å². The summed E-state index contributed by atoms with van der Waals surface area (Å²) < 4.78 is 11.3. The van der Waals surface area contributed by atoms with Gasteiger partial charge in [-0.25, -0.2) is 0 Å². The van der Waals surface area contributed by atoms with Crippen LogP contribution in [-0.2, 0) is 9.59 Å². The van der Waals surface area contributed by atoms with E-state index < -0.39 is 0 Å².